The maximum atomic E-state index is 8.73. The van der Waals surface area contributed by atoms with Crippen molar-refractivity contribution in [2.45, 2.75) is 0 Å². The van der Waals surface area contributed by atoms with Crippen LogP contribution in [0.5, 0.6) is 0 Å². The van der Waals surface area contributed by atoms with Crippen LogP contribution in [0.15, 0.2) is 47.1 Å². The molecule has 0 unspecified atom stereocenters. The smallest absolute Gasteiger partial charge is 0.148 e. The Morgan fingerprint density at radius 2 is 2.00 bits per heavy atom. The van der Waals surface area contributed by atoms with E-state index in [1.165, 1.54) is 0 Å². The Morgan fingerprint density at radius 1 is 1.11 bits per heavy atom. The summed E-state index contributed by atoms with van der Waals surface area (Å²) in [6, 6.07) is 11.5. The first kappa shape index (κ1) is 11.7. The molecular formula is C14H13N3O2. The van der Waals surface area contributed by atoms with Crippen LogP contribution >= 0.6 is 0 Å². The van der Waals surface area contributed by atoms with Crippen LogP contribution in [0.1, 0.15) is 0 Å². The molecule has 2 heterocycles. The predicted molar refractivity (Wildman–Crippen MR) is 72.8 cm³/mol. The molecule has 0 radical (unpaired) electrons. The lowest BCUT2D eigenvalue weighted by Gasteiger charge is -2.02. The van der Waals surface area contributed by atoms with E-state index in [9.17, 15) is 0 Å². The maximum Gasteiger partial charge on any atom is 0.148 e. The third-order valence-corrected chi connectivity index (χ3v) is 2.84. The molecule has 3 aromatic rings. The fraction of sp³-hybridized carbons (Fsp3) is 0.143. The third kappa shape index (κ3) is 2.28. The van der Waals surface area contributed by atoms with Gasteiger partial charge in [-0.05, 0) is 18.2 Å². The molecule has 0 aliphatic carbocycles. The van der Waals surface area contributed by atoms with Crippen molar-refractivity contribution in [1.82, 2.24) is 10.2 Å². The number of hydrogen-bond acceptors (Lipinski definition) is 5. The summed E-state index contributed by atoms with van der Waals surface area (Å²) in [6.45, 7) is 0.526. The lowest BCUT2D eigenvalue weighted by atomic mass is 10.1. The molecule has 0 spiro atoms. The number of nitrogens with zero attached hydrogens (tertiary/aromatic N) is 2. The Hall–Kier alpha value is -2.40. The van der Waals surface area contributed by atoms with Gasteiger partial charge in [0.15, 0.2) is 0 Å². The molecule has 0 fully saturated rings. The van der Waals surface area contributed by atoms with Crippen LogP contribution < -0.4 is 5.32 Å². The van der Waals surface area contributed by atoms with Crippen LogP contribution in [0.4, 0.5) is 5.82 Å². The Kier molecular flexibility index (Phi) is 3.12. The topological polar surface area (TPSA) is 71.2 Å². The van der Waals surface area contributed by atoms with Gasteiger partial charge in [0.05, 0.1) is 12.3 Å². The molecule has 0 atom stereocenters. The van der Waals surface area contributed by atoms with Gasteiger partial charge >= 0.3 is 0 Å². The molecule has 96 valence electrons. The molecule has 2 N–H and O–H groups in total. The highest BCUT2D eigenvalue weighted by atomic mass is 16.3. The fourth-order valence-electron chi connectivity index (χ4n) is 1.93. The van der Waals surface area contributed by atoms with Gasteiger partial charge < -0.3 is 14.8 Å². The Balaban J connectivity index is 1.93. The summed E-state index contributed by atoms with van der Waals surface area (Å²) < 4.78 is 5.48. The zero-order valence-corrected chi connectivity index (χ0v) is 10.2. The van der Waals surface area contributed by atoms with Crippen LogP contribution in [-0.4, -0.2) is 28.5 Å². The minimum atomic E-state index is 0.0653. The van der Waals surface area contributed by atoms with E-state index in [1.54, 1.807) is 6.26 Å². The van der Waals surface area contributed by atoms with Gasteiger partial charge in [-0.1, -0.05) is 18.2 Å². The van der Waals surface area contributed by atoms with Crippen LogP contribution in [-0.2, 0) is 0 Å². The van der Waals surface area contributed by atoms with Gasteiger partial charge in [-0.25, -0.2) is 0 Å². The molecule has 0 aliphatic heterocycles. The molecule has 5 nitrogen and oxygen atoms in total. The number of nitrogens with one attached hydrogen (secondary N) is 1. The van der Waals surface area contributed by atoms with E-state index in [4.69, 9.17) is 9.52 Å². The lowest BCUT2D eigenvalue weighted by Crippen LogP contribution is -2.07. The fourth-order valence-corrected chi connectivity index (χ4v) is 1.93. The number of hydrogen-bond donors (Lipinski definition) is 2. The average Bonchev–Trinajstić information content (AvgIpc) is 2.90. The Bertz CT molecular complexity index is 676. The van der Waals surface area contributed by atoms with Crippen molar-refractivity contribution < 1.29 is 9.52 Å². The molecule has 0 saturated heterocycles. The zero-order valence-electron chi connectivity index (χ0n) is 10.2. The van der Waals surface area contributed by atoms with Gasteiger partial charge in [0.25, 0.3) is 0 Å². The molecule has 2 aromatic heterocycles. The number of anilines is 1. The van der Waals surface area contributed by atoms with E-state index in [0.29, 0.717) is 12.4 Å². The first-order valence-corrected chi connectivity index (χ1v) is 6.03. The summed E-state index contributed by atoms with van der Waals surface area (Å²) >= 11 is 0. The molecule has 19 heavy (non-hydrogen) atoms. The molecule has 3 rings (SSSR count). The number of benzene rings is 1. The zero-order chi connectivity index (χ0) is 13.1. The summed E-state index contributed by atoms with van der Waals surface area (Å²) in [6.07, 6.45) is 1.69. The van der Waals surface area contributed by atoms with Crippen molar-refractivity contribution in [2.75, 3.05) is 18.5 Å². The van der Waals surface area contributed by atoms with Gasteiger partial charge in [-0.2, -0.15) is 0 Å². The normalized spacial score (nSPS) is 10.8. The average molecular weight is 255 g/mol. The van der Waals surface area contributed by atoms with E-state index in [2.05, 4.69) is 15.5 Å². The number of aliphatic hydroxyl groups is 1. The van der Waals surface area contributed by atoms with E-state index < -0.39 is 0 Å². The first-order valence-electron chi connectivity index (χ1n) is 6.03. The summed E-state index contributed by atoms with van der Waals surface area (Å²) in [4.78, 5) is 0. The molecule has 0 saturated carbocycles. The largest absolute Gasteiger partial charge is 0.464 e. The van der Waals surface area contributed by atoms with Gasteiger partial charge in [0.1, 0.15) is 17.7 Å². The minimum Gasteiger partial charge on any atom is -0.464 e. The molecular weight excluding hydrogens is 242 g/mol. The van der Waals surface area contributed by atoms with Gasteiger partial charge in [0, 0.05) is 17.5 Å². The van der Waals surface area contributed by atoms with Crippen LogP contribution in [0.3, 0.4) is 0 Å². The van der Waals surface area contributed by atoms with Crippen molar-refractivity contribution in [2.24, 2.45) is 0 Å². The summed E-state index contributed by atoms with van der Waals surface area (Å²) in [7, 11) is 0. The molecule has 0 amide bonds. The highest BCUT2D eigenvalue weighted by Gasteiger charge is 2.09. The second-order valence-corrected chi connectivity index (χ2v) is 4.10. The number of furan rings is 1. The summed E-state index contributed by atoms with van der Waals surface area (Å²) in [5, 5.41) is 20.9. The first-order chi connectivity index (χ1) is 9.38. The number of aliphatic hydroxyl groups excluding tert-OH is 1. The van der Waals surface area contributed by atoms with Crippen molar-refractivity contribution in [1.29, 1.82) is 0 Å². The Morgan fingerprint density at radius 3 is 2.79 bits per heavy atom. The quantitative estimate of drug-likeness (QED) is 0.748. The monoisotopic (exact) mass is 255 g/mol. The molecule has 5 heteroatoms. The highest BCUT2D eigenvalue weighted by molar-refractivity contribution is 5.92. The van der Waals surface area contributed by atoms with Crippen molar-refractivity contribution in [3.05, 3.63) is 42.7 Å². The molecule has 0 bridgehead atoms. The summed E-state index contributed by atoms with van der Waals surface area (Å²) in [5.41, 5.74) is 2.53. The number of fused-ring (bicyclic) bond motifs is 1. The van der Waals surface area contributed by atoms with E-state index >= 15 is 0 Å². The van der Waals surface area contributed by atoms with Gasteiger partial charge in [0.2, 0.25) is 0 Å². The predicted octanol–water partition coefficient (Wildman–Crippen LogP) is 2.29. The van der Waals surface area contributed by atoms with E-state index in [0.717, 1.165) is 22.2 Å². The van der Waals surface area contributed by atoms with Crippen LogP contribution in [0.25, 0.3) is 22.2 Å². The SMILES string of the molecule is OCCNc1ccc(-c2coc3ccccc23)nn1. The van der Waals surface area contributed by atoms with Crippen LogP contribution in [0, 0.1) is 0 Å². The van der Waals surface area contributed by atoms with Crippen molar-refractivity contribution in [3.8, 4) is 11.3 Å². The van der Waals surface area contributed by atoms with Gasteiger partial charge in [-0.3, -0.25) is 0 Å². The van der Waals surface area contributed by atoms with E-state index in [-0.39, 0.29) is 6.61 Å². The van der Waals surface area contributed by atoms with Gasteiger partial charge in [-0.15, -0.1) is 10.2 Å². The summed E-state index contributed by atoms with van der Waals surface area (Å²) in [5.74, 6) is 0.644. The van der Waals surface area contributed by atoms with Crippen molar-refractivity contribution in [3.63, 3.8) is 0 Å². The highest BCUT2D eigenvalue weighted by Crippen LogP contribution is 2.28. The van der Waals surface area contributed by atoms with Crippen LogP contribution in [0.2, 0.25) is 0 Å². The maximum absolute atomic E-state index is 8.73. The minimum absolute atomic E-state index is 0.0653. The Labute approximate surface area is 109 Å². The molecule has 1 aromatic carbocycles. The third-order valence-electron chi connectivity index (χ3n) is 2.84. The number of aromatic nitrogens is 2. The second kappa shape index (κ2) is 5.07. The number of rotatable bonds is 4. The second-order valence-electron chi connectivity index (χ2n) is 4.10. The van der Waals surface area contributed by atoms with Crippen molar-refractivity contribution >= 4 is 16.8 Å². The standard InChI is InChI=1S/C14H13N3O2/c18-8-7-15-14-6-5-12(16-17-14)11-9-19-13-4-2-1-3-10(11)13/h1-6,9,18H,7-8H2,(H,15,17). The lowest BCUT2D eigenvalue weighted by molar-refractivity contribution is 0.311. The number of para-hydroxylation sites is 1. The van der Waals surface area contributed by atoms with E-state index in [1.807, 2.05) is 36.4 Å². The molecule has 0 aliphatic rings.